The molecule has 0 aliphatic heterocycles. The van der Waals surface area contributed by atoms with E-state index < -0.39 is 0 Å². The van der Waals surface area contributed by atoms with Crippen molar-refractivity contribution in [3.63, 3.8) is 0 Å². The van der Waals surface area contributed by atoms with Crippen LogP contribution in [0, 0.1) is 6.92 Å². The molecule has 2 aromatic rings. The van der Waals surface area contributed by atoms with Gasteiger partial charge in [-0.3, -0.25) is 0 Å². The predicted molar refractivity (Wildman–Crippen MR) is 56.5 cm³/mol. The second kappa shape index (κ2) is 4.13. The van der Waals surface area contributed by atoms with Gasteiger partial charge in [0.1, 0.15) is 0 Å². The number of tetrazole rings is 1. The largest absolute Gasteiger partial charge is 0.482 e. The number of rotatable bonds is 3. The van der Waals surface area contributed by atoms with Crippen molar-refractivity contribution in [1.29, 1.82) is 0 Å². The summed E-state index contributed by atoms with van der Waals surface area (Å²) in [7, 11) is 1.69. The average molecular weight is 220 g/mol. The normalized spacial score (nSPS) is 10.4. The van der Waals surface area contributed by atoms with Crippen LogP contribution < -0.4 is 10.5 Å². The molecule has 2 heterocycles. The molecule has 0 unspecified atom stereocenters. The Kier molecular flexibility index (Phi) is 2.67. The minimum atomic E-state index is 0.225. The molecular weight excluding hydrogens is 208 g/mol. The van der Waals surface area contributed by atoms with Crippen molar-refractivity contribution in [2.24, 2.45) is 7.05 Å². The Bertz CT molecular complexity index is 494. The smallest absolute Gasteiger partial charge is 0.212 e. The van der Waals surface area contributed by atoms with E-state index in [0.717, 1.165) is 5.69 Å². The van der Waals surface area contributed by atoms with Gasteiger partial charge in [-0.15, -0.1) is 10.2 Å². The fourth-order valence-electron chi connectivity index (χ4n) is 1.21. The van der Waals surface area contributed by atoms with Crippen LogP contribution in [0.2, 0.25) is 0 Å². The molecule has 0 radical (unpaired) electrons. The number of aromatic nitrogens is 5. The van der Waals surface area contributed by atoms with Crippen molar-refractivity contribution in [3.8, 4) is 5.75 Å². The van der Waals surface area contributed by atoms with E-state index in [9.17, 15) is 0 Å². The standard InChI is InChI=1S/C9H12N6O/c1-6-3-4-7(9(10)11-6)16-5-8-12-14-15(2)13-8/h3-4H,5H2,1-2H3,(H2,10,11). The molecule has 2 rings (SSSR count). The van der Waals surface area contributed by atoms with E-state index in [4.69, 9.17) is 10.5 Å². The van der Waals surface area contributed by atoms with Gasteiger partial charge in [0.05, 0.1) is 7.05 Å². The van der Waals surface area contributed by atoms with Gasteiger partial charge in [-0.2, -0.15) is 4.80 Å². The Morgan fingerprint density at radius 3 is 2.88 bits per heavy atom. The lowest BCUT2D eigenvalue weighted by molar-refractivity contribution is 0.296. The highest BCUT2D eigenvalue weighted by atomic mass is 16.5. The summed E-state index contributed by atoms with van der Waals surface area (Å²) in [5.74, 6) is 1.39. The van der Waals surface area contributed by atoms with Crippen molar-refractivity contribution in [1.82, 2.24) is 25.2 Å². The van der Waals surface area contributed by atoms with Crippen LogP contribution in [0.5, 0.6) is 5.75 Å². The number of hydrogen-bond donors (Lipinski definition) is 1. The molecule has 0 aliphatic carbocycles. The van der Waals surface area contributed by atoms with Crippen LogP contribution in [-0.2, 0) is 13.7 Å². The van der Waals surface area contributed by atoms with Gasteiger partial charge in [0.15, 0.2) is 18.2 Å². The number of ether oxygens (including phenoxy) is 1. The first kappa shape index (κ1) is 10.3. The monoisotopic (exact) mass is 220 g/mol. The van der Waals surface area contributed by atoms with Gasteiger partial charge < -0.3 is 10.5 Å². The Balaban J connectivity index is 2.04. The Hall–Kier alpha value is -2.18. The van der Waals surface area contributed by atoms with Crippen LogP contribution in [0.4, 0.5) is 5.82 Å². The molecule has 0 saturated heterocycles. The van der Waals surface area contributed by atoms with Crippen molar-refractivity contribution >= 4 is 5.82 Å². The van der Waals surface area contributed by atoms with Crippen LogP contribution in [0.15, 0.2) is 12.1 Å². The summed E-state index contributed by atoms with van der Waals surface area (Å²) in [6, 6.07) is 3.60. The molecule has 2 aromatic heterocycles. The van der Waals surface area contributed by atoms with Gasteiger partial charge in [0.25, 0.3) is 0 Å². The van der Waals surface area contributed by atoms with Crippen molar-refractivity contribution in [3.05, 3.63) is 23.7 Å². The van der Waals surface area contributed by atoms with Gasteiger partial charge >= 0.3 is 0 Å². The quantitative estimate of drug-likeness (QED) is 0.787. The highest BCUT2D eigenvalue weighted by Crippen LogP contribution is 2.19. The fourth-order valence-corrected chi connectivity index (χ4v) is 1.21. The molecule has 0 bridgehead atoms. The minimum Gasteiger partial charge on any atom is -0.482 e. The van der Waals surface area contributed by atoms with Crippen LogP contribution in [-0.4, -0.2) is 25.2 Å². The number of aryl methyl sites for hydroxylation is 2. The van der Waals surface area contributed by atoms with E-state index in [-0.39, 0.29) is 6.61 Å². The van der Waals surface area contributed by atoms with Crippen LogP contribution in [0.1, 0.15) is 11.5 Å². The van der Waals surface area contributed by atoms with Crippen molar-refractivity contribution in [2.75, 3.05) is 5.73 Å². The topological polar surface area (TPSA) is 91.7 Å². The molecule has 0 amide bonds. The van der Waals surface area contributed by atoms with E-state index in [1.165, 1.54) is 4.80 Å². The first-order chi connectivity index (χ1) is 7.65. The van der Waals surface area contributed by atoms with Gasteiger partial charge in [0, 0.05) is 5.69 Å². The maximum atomic E-state index is 5.69. The van der Waals surface area contributed by atoms with E-state index >= 15 is 0 Å². The molecule has 16 heavy (non-hydrogen) atoms. The SMILES string of the molecule is Cc1ccc(OCc2nnn(C)n2)c(N)n1. The lowest BCUT2D eigenvalue weighted by Gasteiger charge is -2.06. The Morgan fingerprint density at radius 2 is 2.25 bits per heavy atom. The number of pyridine rings is 1. The molecule has 0 fully saturated rings. The van der Waals surface area contributed by atoms with E-state index in [1.807, 2.05) is 13.0 Å². The second-order valence-corrected chi connectivity index (χ2v) is 3.32. The van der Waals surface area contributed by atoms with Gasteiger partial charge in [-0.05, 0) is 24.3 Å². The Morgan fingerprint density at radius 1 is 1.44 bits per heavy atom. The summed E-state index contributed by atoms with van der Waals surface area (Å²) in [6.07, 6.45) is 0. The third-order valence-electron chi connectivity index (χ3n) is 1.93. The third-order valence-corrected chi connectivity index (χ3v) is 1.93. The summed E-state index contributed by atoms with van der Waals surface area (Å²) < 4.78 is 5.43. The first-order valence-corrected chi connectivity index (χ1v) is 4.74. The number of nitrogens with two attached hydrogens (primary N) is 1. The van der Waals surface area contributed by atoms with Crippen molar-refractivity contribution < 1.29 is 4.74 Å². The molecule has 0 spiro atoms. The minimum absolute atomic E-state index is 0.225. The first-order valence-electron chi connectivity index (χ1n) is 4.74. The van der Waals surface area contributed by atoms with Gasteiger partial charge in [-0.25, -0.2) is 4.98 Å². The molecular formula is C9H12N6O. The van der Waals surface area contributed by atoms with Crippen molar-refractivity contribution in [2.45, 2.75) is 13.5 Å². The lowest BCUT2D eigenvalue weighted by Crippen LogP contribution is -2.03. The summed E-state index contributed by atoms with van der Waals surface area (Å²) in [5, 5.41) is 11.5. The molecule has 0 saturated carbocycles. The zero-order valence-electron chi connectivity index (χ0n) is 9.08. The number of anilines is 1. The highest BCUT2D eigenvalue weighted by molar-refractivity contribution is 5.46. The van der Waals surface area contributed by atoms with Gasteiger partial charge in [-0.1, -0.05) is 0 Å². The maximum absolute atomic E-state index is 5.69. The Labute approximate surface area is 92.2 Å². The third kappa shape index (κ3) is 2.25. The second-order valence-electron chi connectivity index (χ2n) is 3.32. The van der Waals surface area contributed by atoms with E-state index in [0.29, 0.717) is 17.4 Å². The molecule has 0 aliphatic rings. The lowest BCUT2D eigenvalue weighted by atomic mass is 10.3. The van der Waals surface area contributed by atoms with E-state index in [2.05, 4.69) is 20.4 Å². The van der Waals surface area contributed by atoms with Gasteiger partial charge in [0.2, 0.25) is 5.82 Å². The molecule has 7 nitrogen and oxygen atoms in total. The van der Waals surface area contributed by atoms with Crippen LogP contribution in [0.25, 0.3) is 0 Å². The molecule has 7 heteroatoms. The average Bonchev–Trinajstić information content (AvgIpc) is 2.63. The molecule has 0 atom stereocenters. The molecule has 2 N–H and O–H groups in total. The predicted octanol–water partition coefficient (Wildman–Crippen LogP) is 0.0747. The zero-order chi connectivity index (χ0) is 11.5. The summed E-state index contributed by atoms with van der Waals surface area (Å²) >= 11 is 0. The van der Waals surface area contributed by atoms with Crippen LogP contribution >= 0.6 is 0 Å². The maximum Gasteiger partial charge on any atom is 0.212 e. The van der Waals surface area contributed by atoms with Crippen LogP contribution in [0.3, 0.4) is 0 Å². The molecule has 0 aromatic carbocycles. The number of hydrogen-bond acceptors (Lipinski definition) is 6. The summed E-state index contributed by atoms with van der Waals surface area (Å²) in [6.45, 7) is 2.09. The molecule has 84 valence electrons. The number of nitrogen functional groups attached to an aromatic ring is 1. The summed E-state index contributed by atoms with van der Waals surface area (Å²) in [5.41, 5.74) is 6.54. The highest BCUT2D eigenvalue weighted by Gasteiger charge is 2.05. The van der Waals surface area contributed by atoms with E-state index in [1.54, 1.807) is 13.1 Å². The fraction of sp³-hybridized carbons (Fsp3) is 0.333. The zero-order valence-corrected chi connectivity index (χ0v) is 9.08. The number of nitrogens with zero attached hydrogens (tertiary/aromatic N) is 5. The summed E-state index contributed by atoms with van der Waals surface area (Å²) in [4.78, 5) is 5.45.